The summed E-state index contributed by atoms with van der Waals surface area (Å²) >= 11 is 0. The van der Waals surface area contributed by atoms with Crippen LogP contribution in [0.4, 0.5) is 5.95 Å². The summed E-state index contributed by atoms with van der Waals surface area (Å²) in [7, 11) is 2.74. The quantitative estimate of drug-likeness (QED) is 0.513. The van der Waals surface area contributed by atoms with Gasteiger partial charge in [-0.1, -0.05) is 5.92 Å². The molecule has 0 aromatic carbocycles. The molecule has 1 aliphatic heterocycles. The number of carbonyl (C=O) groups excluding carboxylic acids is 1. The molecule has 0 unspecified atom stereocenters. The van der Waals surface area contributed by atoms with Crippen molar-refractivity contribution in [3.63, 3.8) is 0 Å². The number of rotatable bonds is 4. The smallest absolute Gasteiger partial charge is 0.333 e. The van der Waals surface area contributed by atoms with Crippen LogP contribution in [-0.2, 0) is 29.7 Å². The monoisotopic (exact) mass is 374 g/mol. The Labute approximate surface area is 155 Å². The summed E-state index contributed by atoms with van der Waals surface area (Å²) in [6, 6.07) is 0. The third-order valence-electron chi connectivity index (χ3n) is 4.54. The van der Waals surface area contributed by atoms with Crippen molar-refractivity contribution >= 4 is 23.1 Å². The van der Waals surface area contributed by atoms with Gasteiger partial charge in [0.25, 0.3) is 5.56 Å². The molecule has 1 fully saturated rings. The number of piperazine rings is 1. The van der Waals surface area contributed by atoms with Crippen molar-refractivity contribution in [2.45, 2.75) is 20.0 Å². The van der Waals surface area contributed by atoms with E-state index in [4.69, 9.17) is 0 Å². The molecule has 10 nitrogen and oxygen atoms in total. The number of imidazole rings is 1. The summed E-state index contributed by atoms with van der Waals surface area (Å²) in [5, 5.41) is 3.27. The number of aromatic nitrogens is 4. The Morgan fingerprint density at radius 1 is 1.26 bits per heavy atom. The van der Waals surface area contributed by atoms with Gasteiger partial charge in [0.2, 0.25) is 5.95 Å². The maximum atomic E-state index is 13.0. The van der Waals surface area contributed by atoms with Crippen molar-refractivity contribution in [2.24, 2.45) is 7.05 Å². The molecule has 3 heterocycles. The Morgan fingerprint density at radius 3 is 2.59 bits per heavy atom. The molecule has 0 atom stereocenters. The highest BCUT2D eigenvalue weighted by Gasteiger charge is 2.24. The van der Waals surface area contributed by atoms with Crippen molar-refractivity contribution in [2.75, 3.05) is 38.2 Å². The van der Waals surface area contributed by atoms with Gasteiger partial charge in [0.15, 0.2) is 11.2 Å². The van der Waals surface area contributed by atoms with Crippen LogP contribution < -0.4 is 21.5 Å². The molecule has 1 saturated heterocycles. The number of ether oxygens (including phenoxy) is 1. The maximum Gasteiger partial charge on any atom is 0.333 e. The van der Waals surface area contributed by atoms with Crippen molar-refractivity contribution in [1.82, 2.24) is 24.0 Å². The summed E-state index contributed by atoms with van der Waals surface area (Å²) in [5.74, 6) is 5.70. The van der Waals surface area contributed by atoms with Gasteiger partial charge in [-0.05, 0) is 6.92 Å². The van der Waals surface area contributed by atoms with E-state index in [0.717, 1.165) is 30.7 Å². The molecule has 27 heavy (non-hydrogen) atoms. The molecule has 144 valence electrons. The molecule has 10 heteroatoms. The van der Waals surface area contributed by atoms with E-state index in [1.165, 1.54) is 18.7 Å². The van der Waals surface area contributed by atoms with Gasteiger partial charge in [-0.15, -0.1) is 5.92 Å². The Bertz CT molecular complexity index is 1050. The number of hydrogen-bond acceptors (Lipinski definition) is 7. The maximum absolute atomic E-state index is 13.0. The zero-order valence-electron chi connectivity index (χ0n) is 15.6. The molecule has 1 N–H and O–H groups in total. The first-order chi connectivity index (χ1) is 13.0. The van der Waals surface area contributed by atoms with Crippen LogP contribution in [0.15, 0.2) is 9.59 Å². The predicted octanol–water partition coefficient (Wildman–Crippen LogP) is -1.50. The van der Waals surface area contributed by atoms with Crippen molar-refractivity contribution in [3.8, 4) is 11.8 Å². The molecule has 0 radical (unpaired) electrons. The fourth-order valence-electron chi connectivity index (χ4n) is 3.11. The second-order valence-electron chi connectivity index (χ2n) is 6.14. The zero-order chi connectivity index (χ0) is 19.6. The molecule has 2 aromatic heterocycles. The highest BCUT2D eigenvalue weighted by molar-refractivity contribution is 5.75. The number of aryl methyl sites for hydroxylation is 1. The standard InChI is InChI=1S/C17H22N6O4/c1-4-5-8-22-13-14(19-16(22)21-9-6-18-7-10-21)20(2)17(26)23(15(13)25)11-12(24)27-3/h18H,6-11H2,1-3H3. The van der Waals surface area contributed by atoms with Gasteiger partial charge in [0.1, 0.15) is 6.54 Å². The van der Waals surface area contributed by atoms with E-state index in [1.54, 1.807) is 11.5 Å². The van der Waals surface area contributed by atoms with Crippen LogP contribution >= 0.6 is 0 Å². The van der Waals surface area contributed by atoms with Gasteiger partial charge in [-0.2, -0.15) is 4.98 Å². The number of fused-ring (bicyclic) bond motifs is 1. The average molecular weight is 374 g/mol. The van der Waals surface area contributed by atoms with E-state index >= 15 is 0 Å². The summed E-state index contributed by atoms with van der Waals surface area (Å²) in [6.45, 7) is 4.58. The fraction of sp³-hybridized carbons (Fsp3) is 0.529. The van der Waals surface area contributed by atoms with E-state index in [1.807, 2.05) is 0 Å². The summed E-state index contributed by atoms with van der Waals surface area (Å²) in [5.41, 5.74) is -0.670. The second-order valence-corrected chi connectivity index (χ2v) is 6.14. The molecular formula is C17H22N6O4. The molecule has 0 bridgehead atoms. The van der Waals surface area contributed by atoms with Crippen molar-refractivity contribution in [1.29, 1.82) is 0 Å². The van der Waals surface area contributed by atoms with Gasteiger partial charge in [-0.3, -0.25) is 18.7 Å². The Balaban J connectivity index is 2.28. The summed E-state index contributed by atoms with van der Waals surface area (Å²) < 4.78 is 8.47. The first-order valence-electron chi connectivity index (χ1n) is 8.61. The lowest BCUT2D eigenvalue weighted by Gasteiger charge is -2.28. The van der Waals surface area contributed by atoms with Gasteiger partial charge in [0, 0.05) is 33.2 Å². The number of hydrogen-bond donors (Lipinski definition) is 1. The first kappa shape index (κ1) is 18.7. The van der Waals surface area contributed by atoms with Crippen LogP contribution in [0.2, 0.25) is 0 Å². The minimum atomic E-state index is -0.671. The Kier molecular flexibility index (Phi) is 5.32. The highest BCUT2D eigenvalue weighted by atomic mass is 16.5. The molecule has 2 aromatic rings. The number of nitrogens with zero attached hydrogens (tertiary/aromatic N) is 5. The lowest BCUT2D eigenvalue weighted by atomic mass is 10.4. The van der Waals surface area contributed by atoms with E-state index in [2.05, 4.69) is 31.8 Å². The topological polar surface area (TPSA) is 103 Å². The molecule has 1 aliphatic rings. The largest absolute Gasteiger partial charge is 0.468 e. The van der Waals surface area contributed by atoms with Gasteiger partial charge in [0.05, 0.1) is 13.7 Å². The third-order valence-corrected chi connectivity index (χ3v) is 4.54. The van der Waals surface area contributed by atoms with Crippen LogP contribution in [0.25, 0.3) is 11.2 Å². The number of anilines is 1. The van der Waals surface area contributed by atoms with Crippen LogP contribution in [0.3, 0.4) is 0 Å². The third kappa shape index (κ3) is 3.33. The normalized spacial score (nSPS) is 14.1. The number of methoxy groups -OCH3 is 1. The highest BCUT2D eigenvalue weighted by Crippen LogP contribution is 2.19. The van der Waals surface area contributed by atoms with Gasteiger partial charge in [-0.25, -0.2) is 9.36 Å². The average Bonchev–Trinajstić information content (AvgIpc) is 3.08. The zero-order valence-corrected chi connectivity index (χ0v) is 15.6. The molecule has 0 spiro atoms. The lowest BCUT2D eigenvalue weighted by Crippen LogP contribution is -2.44. The molecule has 0 amide bonds. The van der Waals surface area contributed by atoms with Crippen molar-refractivity contribution in [3.05, 3.63) is 20.8 Å². The second kappa shape index (κ2) is 7.67. The van der Waals surface area contributed by atoms with E-state index in [0.29, 0.717) is 5.95 Å². The Morgan fingerprint density at radius 2 is 1.96 bits per heavy atom. The Hall–Kier alpha value is -3.06. The molecular weight excluding hydrogens is 352 g/mol. The predicted molar refractivity (Wildman–Crippen MR) is 99.8 cm³/mol. The molecule has 0 saturated carbocycles. The van der Waals surface area contributed by atoms with Crippen LogP contribution in [0.5, 0.6) is 0 Å². The van der Waals surface area contributed by atoms with Crippen molar-refractivity contribution < 1.29 is 9.53 Å². The minimum Gasteiger partial charge on any atom is -0.468 e. The molecule has 3 rings (SSSR count). The van der Waals surface area contributed by atoms with Crippen LogP contribution in [0, 0.1) is 11.8 Å². The number of carbonyl (C=O) groups is 1. The lowest BCUT2D eigenvalue weighted by molar-refractivity contribution is -0.141. The first-order valence-corrected chi connectivity index (χ1v) is 8.61. The van der Waals surface area contributed by atoms with Crippen LogP contribution in [-0.4, -0.2) is 57.9 Å². The molecule has 0 aliphatic carbocycles. The summed E-state index contributed by atoms with van der Waals surface area (Å²) in [6.07, 6.45) is 0. The van der Waals surface area contributed by atoms with E-state index in [-0.39, 0.29) is 17.7 Å². The van der Waals surface area contributed by atoms with E-state index < -0.39 is 23.8 Å². The SMILES string of the molecule is CC#CCn1c(N2CCNCC2)nc2c1c(=O)n(CC(=O)OC)c(=O)n2C. The van der Waals surface area contributed by atoms with Gasteiger partial charge < -0.3 is 15.0 Å². The number of nitrogens with one attached hydrogen (secondary N) is 1. The fourth-order valence-corrected chi connectivity index (χ4v) is 3.11. The number of esters is 1. The van der Waals surface area contributed by atoms with E-state index in [9.17, 15) is 14.4 Å². The summed E-state index contributed by atoms with van der Waals surface area (Å²) in [4.78, 5) is 43.9. The minimum absolute atomic E-state index is 0.247. The van der Waals surface area contributed by atoms with Gasteiger partial charge >= 0.3 is 11.7 Å². The van der Waals surface area contributed by atoms with Crippen LogP contribution in [0.1, 0.15) is 6.92 Å².